The molecule has 1 aromatic heterocycles. The number of thiophene rings is 1. The summed E-state index contributed by atoms with van der Waals surface area (Å²) in [7, 11) is 1.51. The molecule has 0 spiro atoms. The van der Waals surface area contributed by atoms with Gasteiger partial charge in [0.1, 0.15) is 4.21 Å². The molecule has 1 amide bonds. The molecule has 0 aromatic carbocycles. The average molecular weight is 308 g/mol. The fourth-order valence-corrected chi connectivity index (χ4v) is 3.74. The first-order valence-corrected chi connectivity index (χ1v) is 8.96. The summed E-state index contributed by atoms with van der Waals surface area (Å²) in [4.78, 5) is 14.1. The fraction of sp³-hybridized carbons (Fsp3) is 0.545. The van der Waals surface area contributed by atoms with Crippen LogP contribution in [-0.4, -0.2) is 31.8 Å². The molecule has 4 nitrogen and oxygen atoms in total. The van der Waals surface area contributed by atoms with Crippen molar-refractivity contribution in [3.05, 3.63) is 17.0 Å². The predicted molar refractivity (Wildman–Crippen MR) is 71.7 cm³/mol. The van der Waals surface area contributed by atoms with Crippen LogP contribution >= 0.6 is 22.0 Å². The fourth-order valence-electron chi connectivity index (χ4n) is 1.80. The molecular formula is C11H14ClNO3S2. The number of nitrogens with zero attached hydrogens (tertiary/aromatic N) is 1. The Kier molecular flexibility index (Phi) is 3.99. The van der Waals surface area contributed by atoms with Crippen molar-refractivity contribution in [1.82, 2.24) is 4.90 Å². The average Bonchev–Trinajstić information content (AvgIpc) is 2.99. The molecule has 0 bridgehead atoms. The highest BCUT2D eigenvalue weighted by Crippen LogP contribution is 2.30. The topological polar surface area (TPSA) is 54.5 Å². The molecule has 18 heavy (non-hydrogen) atoms. The van der Waals surface area contributed by atoms with E-state index in [1.54, 1.807) is 5.38 Å². The highest BCUT2D eigenvalue weighted by atomic mass is 35.7. The molecule has 0 atom stereocenters. The van der Waals surface area contributed by atoms with Crippen LogP contribution in [0.2, 0.25) is 0 Å². The van der Waals surface area contributed by atoms with Gasteiger partial charge in [0, 0.05) is 28.6 Å². The Hall–Kier alpha value is -0.590. The second-order valence-corrected chi connectivity index (χ2v) is 8.03. The predicted octanol–water partition coefficient (Wildman–Crippen LogP) is 2.69. The monoisotopic (exact) mass is 307 g/mol. The first-order valence-electron chi connectivity index (χ1n) is 5.77. The third kappa shape index (κ3) is 3.05. The van der Waals surface area contributed by atoms with Gasteiger partial charge in [-0.05, 0) is 25.3 Å². The number of hydrogen-bond donors (Lipinski definition) is 0. The molecule has 2 rings (SSSR count). The van der Waals surface area contributed by atoms with Crippen LogP contribution in [0.15, 0.2) is 15.7 Å². The summed E-state index contributed by atoms with van der Waals surface area (Å²) in [6.07, 6.45) is 2.97. The summed E-state index contributed by atoms with van der Waals surface area (Å²) in [6, 6.07) is 1.69. The van der Waals surface area contributed by atoms with Crippen molar-refractivity contribution in [1.29, 1.82) is 0 Å². The Morgan fingerprint density at radius 2 is 2.22 bits per heavy atom. The van der Waals surface area contributed by atoms with Crippen molar-refractivity contribution < 1.29 is 13.2 Å². The highest BCUT2D eigenvalue weighted by Gasteiger charge is 2.33. The lowest BCUT2D eigenvalue weighted by molar-refractivity contribution is 0.0743. The molecule has 0 radical (unpaired) electrons. The SMILES string of the molecule is CCCN(C(=O)c1csc(S(=O)(=O)Cl)c1)C1CC1. The maximum absolute atomic E-state index is 12.3. The van der Waals surface area contributed by atoms with Gasteiger partial charge < -0.3 is 4.90 Å². The van der Waals surface area contributed by atoms with E-state index in [-0.39, 0.29) is 10.1 Å². The molecule has 1 aliphatic carbocycles. The van der Waals surface area contributed by atoms with Crippen molar-refractivity contribution >= 4 is 37.0 Å². The Labute approximate surface area is 115 Å². The number of carbonyl (C=O) groups is 1. The van der Waals surface area contributed by atoms with E-state index in [9.17, 15) is 13.2 Å². The minimum Gasteiger partial charge on any atom is -0.336 e. The number of amides is 1. The Morgan fingerprint density at radius 1 is 1.56 bits per heavy atom. The van der Waals surface area contributed by atoms with E-state index in [0.29, 0.717) is 18.2 Å². The second kappa shape index (κ2) is 5.19. The van der Waals surface area contributed by atoms with E-state index in [1.165, 1.54) is 6.07 Å². The Morgan fingerprint density at radius 3 is 2.67 bits per heavy atom. The molecule has 100 valence electrons. The molecule has 1 fully saturated rings. The van der Waals surface area contributed by atoms with E-state index in [0.717, 1.165) is 30.6 Å². The quantitative estimate of drug-likeness (QED) is 0.786. The molecule has 0 saturated heterocycles. The molecule has 1 saturated carbocycles. The number of halogens is 1. The summed E-state index contributed by atoms with van der Waals surface area (Å²) in [5.41, 5.74) is 0.416. The van der Waals surface area contributed by atoms with Crippen molar-refractivity contribution in [2.24, 2.45) is 0 Å². The first kappa shape index (κ1) is 13.8. The molecule has 0 aliphatic heterocycles. The van der Waals surface area contributed by atoms with E-state index in [4.69, 9.17) is 10.7 Å². The smallest absolute Gasteiger partial charge is 0.270 e. The van der Waals surface area contributed by atoms with Crippen LogP contribution in [-0.2, 0) is 9.05 Å². The maximum atomic E-state index is 12.3. The maximum Gasteiger partial charge on any atom is 0.270 e. The first-order chi connectivity index (χ1) is 8.43. The van der Waals surface area contributed by atoms with Gasteiger partial charge in [-0.1, -0.05) is 6.92 Å². The zero-order chi connectivity index (χ0) is 13.3. The van der Waals surface area contributed by atoms with E-state index in [2.05, 4.69) is 0 Å². The van der Waals surface area contributed by atoms with Gasteiger partial charge >= 0.3 is 0 Å². The van der Waals surface area contributed by atoms with Crippen LogP contribution in [0.5, 0.6) is 0 Å². The lowest BCUT2D eigenvalue weighted by Gasteiger charge is -2.20. The zero-order valence-electron chi connectivity index (χ0n) is 9.93. The van der Waals surface area contributed by atoms with Gasteiger partial charge in [-0.2, -0.15) is 0 Å². The third-order valence-corrected chi connectivity index (χ3v) is 5.82. The molecule has 0 N–H and O–H groups in total. The van der Waals surface area contributed by atoms with Gasteiger partial charge in [0.05, 0.1) is 5.56 Å². The molecule has 0 unspecified atom stereocenters. The van der Waals surface area contributed by atoms with Crippen molar-refractivity contribution in [3.8, 4) is 0 Å². The molecule has 1 aromatic rings. The van der Waals surface area contributed by atoms with Gasteiger partial charge in [0.15, 0.2) is 0 Å². The third-order valence-electron chi connectivity index (χ3n) is 2.78. The van der Waals surface area contributed by atoms with Gasteiger partial charge in [-0.3, -0.25) is 4.79 Å². The normalized spacial score (nSPS) is 15.7. The van der Waals surface area contributed by atoms with Crippen LogP contribution in [0.25, 0.3) is 0 Å². The molecule has 1 aliphatic rings. The molecule has 7 heteroatoms. The number of carbonyl (C=O) groups excluding carboxylic acids is 1. The number of rotatable bonds is 5. The Balaban J connectivity index is 2.19. The number of hydrogen-bond acceptors (Lipinski definition) is 4. The van der Waals surface area contributed by atoms with Crippen molar-refractivity contribution in [3.63, 3.8) is 0 Å². The largest absolute Gasteiger partial charge is 0.336 e. The van der Waals surface area contributed by atoms with Gasteiger partial charge in [-0.25, -0.2) is 8.42 Å². The van der Waals surface area contributed by atoms with Gasteiger partial charge in [-0.15, -0.1) is 11.3 Å². The van der Waals surface area contributed by atoms with Gasteiger partial charge in [0.25, 0.3) is 15.0 Å². The minimum atomic E-state index is -3.74. The Bertz CT molecular complexity index is 548. The van der Waals surface area contributed by atoms with Crippen molar-refractivity contribution in [2.75, 3.05) is 6.54 Å². The summed E-state index contributed by atoms with van der Waals surface area (Å²) >= 11 is 0.985. The van der Waals surface area contributed by atoms with E-state index >= 15 is 0 Å². The van der Waals surface area contributed by atoms with Gasteiger partial charge in [0.2, 0.25) is 0 Å². The van der Waals surface area contributed by atoms with Crippen molar-refractivity contribution in [2.45, 2.75) is 36.4 Å². The summed E-state index contributed by atoms with van der Waals surface area (Å²) in [5, 5.41) is 1.56. The van der Waals surface area contributed by atoms with Crippen LogP contribution < -0.4 is 0 Å². The van der Waals surface area contributed by atoms with E-state index < -0.39 is 9.05 Å². The standard InChI is InChI=1S/C11H14ClNO3S2/c1-2-5-13(9-3-4-9)11(14)8-6-10(17-7-8)18(12,15)16/h6-7,9H,2-5H2,1H3. The van der Waals surface area contributed by atoms with Crippen LogP contribution in [0.1, 0.15) is 36.5 Å². The molecular weight excluding hydrogens is 294 g/mol. The molecule has 1 heterocycles. The lowest BCUT2D eigenvalue weighted by Crippen LogP contribution is -2.33. The summed E-state index contributed by atoms with van der Waals surface area (Å²) in [5.74, 6) is -0.0952. The van der Waals surface area contributed by atoms with Crippen LogP contribution in [0, 0.1) is 0 Å². The van der Waals surface area contributed by atoms with E-state index in [1.807, 2.05) is 11.8 Å². The lowest BCUT2D eigenvalue weighted by atomic mass is 10.2. The second-order valence-electron chi connectivity index (χ2n) is 4.32. The zero-order valence-corrected chi connectivity index (χ0v) is 12.3. The summed E-state index contributed by atoms with van der Waals surface area (Å²) < 4.78 is 22.4. The minimum absolute atomic E-state index is 0.0276. The van der Waals surface area contributed by atoms with Crippen LogP contribution in [0.4, 0.5) is 0 Å². The highest BCUT2D eigenvalue weighted by molar-refractivity contribution is 8.15. The van der Waals surface area contributed by atoms with Crippen LogP contribution in [0.3, 0.4) is 0 Å². The summed E-state index contributed by atoms with van der Waals surface area (Å²) in [6.45, 7) is 2.73.